The standard InChI is InChI=1S/C15H23N3/c1-14(2,3)13-17-11-9-10(15(4,5)16)7-8-12(11)18(13)6/h7-9H,16H2,1-6H3. The van der Waals surface area contributed by atoms with Crippen molar-refractivity contribution < 1.29 is 0 Å². The van der Waals surface area contributed by atoms with Crippen LogP contribution >= 0.6 is 0 Å². The highest BCUT2D eigenvalue weighted by Gasteiger charge is 2.22. The maximum Gasteiger partial charge on any atom is 0.115 e. The minimum Gasteiger partial charge on any atom is -0.331 e. The van der Waals surface area contributed by atoms with Crippen molar-refractivity contribution in [2.24, 2.45) is 12.8 Å². The van der Waals surface area contributed by atoms with Crippen LogP contribution in [0, 0.1) is 0 Å². The van der Waals surface area contributed by atoms with Gasteiger partial charge in [-0.1, -0.05) is 26.8 Å². The van der Waals surface area contributed by atoms with Crippen LogP contribution in [0.4, 0.5) is 0 Å². The van der Waals surface area contributed by atoms with Crippen molar-refractivity contribution in [1.82, 2.24) is 9.55 Å². The second kappa shape index (κ2) is 3.82. The Hall–Kier alpha value is -1.35. The summed E-state index contributed by atoms with van der Waals surface area (Å²) in [5.41, 5.74) is 9.17. The number of benzene rings is 1. The molecule has 1 aromatic carbocycles. The van der Waals surface area contributed by atoms with Crippen molar-refractivity contribution in [2.75, 3.05) is 0 Å². The van der Waals surface area contributed by atoms with Crippen LogP contribution in [0.5, 0.6) is 0 Å². The topological polar surface area (TPSA) is 43.8 Å². The minimum atomic E-state index is -0.326. The molecule has 0 bridgehead atoms. The predicted octanol–water partition coefficient (Wildman–Crippen LogP) is 3.06. The van der Waals surface area contributed by atoms with Crippen LogP contribution in [0.15, 0.2) is 18.2 Å². The fourth-order valence-corrected chi connectivity index (χ4v) is 2.27. The summed E-state index contributed by atoms with van der Waals surface area (Å²) < 4.78 is 2.17. The van der Waals surface area contributed by atoms with Gasteiger partial charge in [0.05, 0.1) is 11.0 Å². The van der Waals surface area contributed by atoms with Crippen LogP contribution in [-0.4, -0.2) is 9.55 Å². The molecule has 0 atom stereocenters. The number of hydrogen-bond donors (Lipinski definition) is 1. The maximum atomic E-state index is 6.14. The molecule has 0 spiro atoms. The Morgan fingerprint density at radius 1 is 1.11 bits per heavy atom. The van der Waals surface area contributed by atoms with Gasteiger partial charge in [-0.3, -0.25) is 0 Å². The van der Waals surface area contributed by atoms with Gasteiger partial charge in [-0.2, -0.15) is 0 Å². The van der Waals surface area contributed by atoms with Crippen LogP contribution in [0.3, 0.4) is 0 Å². The molecule has 0 fully saturated rings. The monoisotopic (exact) mass is 245 g/mol. The molecule has 2 N–H and O–H groups in total. The van der Waals surface area contributed by atoms with E-state index in [4.69, 9.17) is 10.7 Å². The number of aryl methyl sites for hydroxylation is 1. The zero-order chi connectivity index (χ0) is 13.7. The highest BCUT2D eigenvalue weighted by Crippen LogP contribution is 2.27. The summed E-state index contributed by atoms with van der Waals surface area (Å²) in [6.45, 7) is 10.6. The number of aromatic nitrogens is 2. The second-order valence-corrected chi connectivity index (χ2v) is 6.67. The second-order valence-electron chi connectivity index (χ2n) is 6.67. The Bertz CT molecular complexity index is 580. The first kappa shape index (κ1) is 13.1. The van der Waals surface area contributed by atoms with Gasteiger partial charge >= 0.3 is 0 Å². The van der Waals surface area contributed by atoms with Gasteiger partial charge < -0.3 is 10.3 Å². The van der Waals surface area contributed by atoms with E-state index in [1.54, 1.807) is 0 Å². The molecule has 0 radical (unpaired) electrons. The number of nitrogens with two attached hydrogens (primary N) is 1. The smallest absolute Gasteiger partial charge is 0.115 e. The molecule has 3 heteroatoms. The van der Waals surface area contributed by atoms with E-state index >= 15 is 0 Å². The molecule has 98 valence electrons. The van der Waals surface area contributed by atoms with Gasteiger partial charge in [-0.05, 0) is 31.5 Å². The fourth-order valence-electron chi connectivity index (χ4n) is 2.27. The lowest BCUT2D eigenvalue weighted by atomic mass is 9.95. The lowest BCUT2D eigenvalue weighted by molar-refractivity contribution is 0.526. The van der Waals surface area contributed by atoms with E-state index in [0.29, 0.717) is 0 Å². The summed E-state index contributed by atoms with van der Waals surface area (Å²) in [5, 5.41) is 0. The molecule has 18 heavy (non-hydrogen) atoms. The first-order chi connectivity index (χ1) is 8.10. The lowest BCUT2D eigenvalue weighted by Crippen LogP contribution is -2.28. The summed E-state index contributed by atoms with van der Waals surface area (Å²) >= 11 is 0. The summed E-state index contributed by atoms with van der Waals surface area (Å²) in [6, 6.07) is 6.31. The number of fused-ring (bicyclic) bond motifs is 1. The summed E-state index contributed by atoms with van der Waals surface area (Å²) in [4.78, 5) is 4.77. The van der Waals surface area contributed by atoms with E-state index in [-0.39, 0.29) is 11.0 Å². The number of rotatable bonds is 1. The molecular weight excluding hydrogens is 222 g/mol. The molecular formula is C15H23N3. The van der Waals surface area contributed by atoms with E-state index in [9.17, 15) is 0 Å². The van der Waals surface area contributed by atoms with Crippen LogP contribution in [0.1, 0.15) is 46.0 Å². The largest absolute Gasteiger partial charge is 0.331 e. The third-order valence-electron chi connectivity index (χ3n) is 3.30. The van der Waals surface area contributed by atoms with Gasteiger partial charge in [-0.15, -0.1) is 0 Å². The Morgan fingerprint density at radius 2 is 1.72 bits per heavy atom. The SMILES string of the molecule is Cn1c(C(C)(C)C)nc2cc(C(C)(C)N)ccc21. The van der Waals surface area contributed by atoms with E-state index < -0.39 is 0 Å². The number of imidazole rings is 1. The van der Waals surface area contributed by atoms with Crippen molar-refractivity contribution in [3.8, 4) is 0 Å². The average molecular weight is 245 g/mol. The molecule has 0 amide bonds. The van der Waals surface area contributed by atoms with Crippen LogP contribution in [0.25, 0.3) is 11.0 Å². The summed E-state index contributed by atoms with van der Waals surface area (Å²) in [7, 11) is 2.07. The van der Waals surface area contributed by atoms with Crippen LogP contribution < -0.4 is 5.73 Å². The minimum absolute atomic E-state index is 0.0478. The van der Waals surface area contributed by atoms with Gasteiger partial charge in [-0.25, -0.2) is 4.98 Å². The van der Waals surface area contributed by atoms with Crippen LogP contribution in [-0.2, 0) is 18.0 Å². The van der Waals surface area contributed by atoms with E-state index in [1.807, 2.05) is 13.8 Å². The highest BCUT2D eigenvalue weighted by molar-refractivity contribution is 5.77. The third-order valence-corrected chi connectivity index (χ3v) is 3.30. The zero-order valence-electron chi connectivity index (χ0n) is 12.2. The number of nitrogens with zero attached hydrogens (tertiary/aromatic N) is 2. The van der Waals surface area contributed by atoms with Gasteiger partial charge in [0, 0.05) is 18.0 Å². The van der Waals surface area contributed by atoms with Crippen molar-refractivity contribution in [1.29, 1.82) is 0 Å². The highest BCUT2D eigenvalue weighted by atomic mass is 15.1. The van der Waals surface area contributed by atoms with E-state index in [0.717, 1.165) is 22.4 Å². The Balaban J connectivity index is 2.67. The first-order valence-electron chi connectivity index (χ1n) is 6.37. The average Bonchev–Trinajstić information content (AvgIpc) is 2.54. The van der Waals surface area contributed by atoms with E-state index in [1.165, 1.54) is 0 Å². The molecule has 0 aliphatic carbocycles. The van der Waals surface area contributed by atoms with Gasteiger partial charge in [0.1, 0.15) is 5.82 Å². The molecule has 1 heterocycles. The summed E-state index contributed by atoms with van der Waals surface area (Å²) in [5.74, 6) is 1.10. The predicted molar refractivity (Wildman–Crippen MR) is 76.6 cm³/mol. The lowest BCUT2D eigenvalue weighted by Gasteiger charge is -2.18. The molecule has 0 unspecified atom stereocenters. The Kier molecular flexibility index (Phi) is 2.78. The van der Waals surface area contributed by atoms with Gasteiger partial charge in [0.15, 0.2) is 0 Å². The molecule has 2 rings (SSSR count). The van der Waals surface area contributed by atoms with Crippen molar-refractivity contribution in [2.45, 2.75) is 45.6 Å². The van der Waals surface area contributed by atoms with Crippen LogP contribution in [0.2, 0.25) is 0 Å². The molecule has 2 aromatic rings. The van der Waals surface area contributed by atoms with Crippen molar-refractivity contribution >= 4 is 11.0 Å². The van der Waals surface area contributed by atoms with Crippen molar-refractivity contribution in [3.05, 3.63) is 29.6 Å². The molecule has 0 aliphatic heterocycles. The molecule has 0 saturated carbocycles. The molecule has 0 aliphatic rings. The molecule has 3 nitrogen and oxygen atoms in total. The van der Waals surface area contributed by atoms with Gasteiger partial charge in [0.25, 0.3) is 0 Å². The quantitative estimate of drug-likeness (QED) is 0.839. The first-order valence-corrected chi connectivity index (χ1v) is 6.37. The number of hydrogen-bond acceptors (Lipinski definition) is 2. The van der Waals surface area contributed by atoms with Gasteiger partial charge in [0.2, 0.25) is 0 Å². The van der Waals surface area contributed by atoms with Crippen molar-refractivity contribution in [3.63, 3.8) is 0 Å². The zero-order valence-corrected chi connectivity index (χ0v) is 12.2. The van der Waals surface area contributed by atoms with E-state index in [2.05, 4.69) is 50.6 Å². The molecule has 1 aromatic heterocycles. The third kappa shape index (κ3) is 2.15. The Morgan fingerprint density at radius 3 is 2.22 bits per heavy atom. The summed E-state index contributed by atoms with van der Waals surface area (Å²) in [6.07, 6.45) is 0. The maximum absolute atomic E-state index is 6.14. The fraction of sp³-hybridized carbons (Fsp3) is 0.533. The molecule has 0 saturated heterocycles. The Labute approximate surface area is 109 Å². The normalized spacial score (nSPS) is 13.3.